The molecule has 8 heteroatoms. The van der Waals surface area contributed by atoms with Crippen LogP contribution in [0.4, 0.5) is 5.69 Å². The molecular weight excluding hydrogens is 388 g/mol. The van der Waals surface area contributed by atoms with E-state index in [1.54, 1.807) is 25.3 Å². The Morgan fingerprint density at radius 2 is 1.89 bits per heavy atom. The lowest BCUT2D eigenvalue weighted by Gasteiger charge is -2.19. The Labute approximate surface area is 168 Å². The van der Waals surface area contributed by atoms with E-state index in [0.717, 1.165) is 0 Å². The zero-order valence-corrected chi connectivity index (χ0v) is 16.8. The molecule has 0 saturated heterocycles. The summed E-state index contributed by atoms with van der Waals surface area (Å²) in [6, 6.07) is 12.1. The second-order valence-electron chi connectivity index (χ2n) is 5.65. The SMILES string of the molecule is COC(=O)c1ccc(Cl)c(NC(=S)N[C@H](C)COc2ccccc2OC)c1. The van der Waals surface area contributed by atoms with Crippen LogP contribution in [-0.4, -0.2) is 38.0 Å². The minimum atomic E-state index is -0.452. The highest BCUT2D eigenvalue weighted by Gasteiger charge is 2.12. The summed E-state index contributed by atoms with van der Waals surface area (Å²) < 4.78 is 15.7. The van der Waals surface area contributed by atoms with Crippen LogP contribution in [0.5, 0.6) is 11.5 Å². The molecule has 0 radical (unpaired) electrons. The normalized spacial score (nSPS) is 11.3. The number of halogens is 1. The number of rotatable bonds is 7. The number of methoxy groups -OCH3 is 2. The van der Waals surface area contributed by atoms with Crippen molar-refractivity contribution in [3.8, 4) is 11.5 Å². The third-order valence-electron chi connectivity index (χ3n) is 3.57. The summed E-state index contributed by atoms with van der Waals surface area (Å²) in [7, 11) is 2.91. The molecule has 27 heavy (non-hydrogen) atoms. The number of ether oxygens (including phenoxy) is 3. The van der Waals surface area contributed by atoms with Crippen LogP contribution in [0.15, 0.2) is 42.5 Å². The van der Waals surface area contributed by atoms with Crippen LogP contribution in [0.25, 0.3) is 0 Å². The van der Waals surface area contributed by atoms with Gasteiger partial charge in [0.15, 0.2) is 16.6 Å². The van der Waals surface area contributed by atoms with Gasteiger partial charge in [0.05, 0.1) is 36.5 Å². The van der Waals surface area contributed by atoms with Gasteiger partial charge in [0.25, 0.3) is 0 Å². The molecule has 2 aromatic carbocycles. The number of carbonyl (C=O) groups excluding carboxylic acids is 1. The van der Waals surface area contributed by atoms with Gasteiger partial charge in [0.2, 0.25) is 0 Å². The summed E-state index contributed by atoms with van der Waals surface area (Å²) in [5.74, 6) is 0.866. The lowest BCUT2D eigenvalue weighted by molar-refractivity contribution is 0.0601. The molecule has 0 unspecified atom stereocenters. The molecule has 6 nitrogen and oxygen atoms in total. The Kier molecular flexibility index (Phi) is 7.69. The maximum atomic E-state index is 11.6. The van der Waals surface area contributed by atoms with Gasteiger partial charge in [0, 0.05) is 0 Å². The lowest BCUT2D eigenvalue weighted by atomic mass is 10.2. The van der Waals surface area contributed by atoms with Gasteiger partial charge < -0.3 is 24.8 Å². The van der Waals surface area contributed by atoms with Crippen molar-refractivity contribution >= 4 is 40.6 Å². The summed E-state index contributed by atoms with van der Waals surface area (Å²) in [5, 5.41) is 6.88. The van der Waals surface area contributed by atoms with Crippen LogP contribution >= 0.6 is 23.8 Å². The molecule has 0 heterocycles. The Hall–Kier alpha value is -2.51. The fourth-order valence-electron chi connectivity index (χ4n) is 2.24. The molecule has 0 aliphatic carbocycles. The Morgan fingerprint density at radius 1 is 1.19 bits per heavy atom. The monoisotopic (exact) mass is 408 g/mol. The number of thiocarbonyl (C=S) groups is 1. The first-order chi connectivity index (χ1) is 12.9. The molecular formula is C19H21ClN2O4S. The predicted octanol–water partition coefficient (Wildman–Crippen LogP) is 3.89. The average molecular weight is 409 g/mol. The largest absolute Gasteiger partial charge is 0.493 e. The second-order valence-corrected chi connectivity index (χ2v) is 6.46. The minimum Gasteiger partial charge on any atom is -0.493 e. The Morgan fingerprint density at radius 3 is 2.56 bits per heavy atom. The van der Waals surface area contributed by atoms with Gasteiger partial charge in [-0.1, -0.05) is 23.7 Å². The van der Waals surface area contributed by atoms with Crippen molar-refractivity contribution in [2.75, 3.05) is 26.1 Å². The van der Waals surface area contributed by atoms with Crippen molar-refractivity contribution in [2.24, 2.45) is 0 Å². The van der Waals surface area contributed by atoms with Crippen LogP contribution in [0.1, 0.15) is 17.3 Å². The molecule has 1 atom stereocenters. The van der Waals surface area contributed by atoms with Crippen LogP contribution in [-0.2, 0) is 4.74 Å². The third kappa shape index (κ3) is 6.01. The van der Waals surface area contributed by atoms with Crippen molar-refractivity contribution < 1.29 is 19.0 Å². The molecule has 0 bridgehead atoms. The minimum absolute atomic E-state index is 0.0857. The van der Waals surface area contributed by atoms with Gasteiger partial charge in [-0.2, -0.15) is 0 Å². The number of hydrogen-bond donors (Lipinski definition) is 2. The van der Waals surface area contributed by atoms with Gasteiger partial charge >= 0.3 is 5.97 Å². The molecule has 0 fully saturated rings. The first-order valence-corrected chi connectivity index (χ1v) is 8.94. The molecule has 0 spiro atoms. The predicted molar refractivity (Wildman–Crippen MR) is 110 cm³/mol. The van der Waals surface area contributed by atoms with Crippen molar-refractivity contribution in [1.82, 2.24) is 5.32 Å². The van der Waals surface area contributed by atoms with Gasteiger partial charge in [0.1, 0.15) is 6.61 Å². The van der Waals surface area contributed by atoms with E-state index in [0.29, 0.717) is 39.5 Å². The van der Waals surface area contributed by atoms with E-state index in [1.165, 1.54) is 7.11 Å². The van der Waals surface area contributed by atoms with Crippen LogP contribution < -0.4 is 20.1 Å². The van der Waals surface area contributed by atoms with Crippen LogP contribution in [0.3, 0.4) is 0 Å². The molecule has 0 aliphatic rings. The maximum Gasteiger partial charge on any atom is 0.337 e. The number of carbonyl (C=O) groups is 1. The molecule has 2 N–H and O–H groups in total. The first-order valence-electron chi connectivity index (χ1n) is 8.15. The smallest absolute Gasteiger partial charge is 0.337 e. The molecule has 2 aromatic rings. The summed E-state index contributed by atoms with van der Waals surface area (Å²) in [6.07, 6.45) is 0. The highest BCUT2D eigenvalue weighted by molar-refractivity contribution is 7.80. The Bertz CT molecular complexity index is 816. The van der Waals surface area contributed by atoms with Gasteiger partial charge in [-0.25, -0.2) is 4.79 Å². The van der Waals surface area contributed by atoms with Crippen molar-refractivity contribution in [3.63, 3.8) is 0 Å². The van der Waals surface area contributed by atoms with E-state index >= 15 is 0 Å². The summed E-state index contributed by atoms with van der Waals surface area (Å²) in [6.45, 7) is 2.30. The number of para-hydroxylation sites is 2. The fourth-order valence-corrected chi connectivity index (χ4v) is 2.72. The molecule has 0 saturated carbocycles. The number of esters is 1. The topological polar surface area (TPSA) is 68.8 Å². The van der Waals surface area contributed by atoms with E-state index in [9.17, 15) is 4.79 Å². The molecule has 2 rings (SSSR count). The summed E-state index contributed by atoms with van der Waals surface area (Å²) in [5.41, 5.74) is 0.884. The quantitative estimate of drug-likeness (QED) is 0.532. The Balaban J connectivity index is 1.92. The van der Waals surface area contributed by atoms with Gasteiger partial charge in [-0.3, -0.25) is 0 Å². The zero-order valence-electron chi connectivity index (χ0n) is 15.2. The standard InChI is InChI=1S/C19H21ClN2O4S/c1-12(11-26-17-7-5-4-6-16(17)24-2)21-19(27)22-15-10-13(18(23)25-3)8-9-14(15)20/h4-10,12H,11H2,1-3H3,(H2,21,22,27)/t12-/m1/s1. The number of benzene rings is 2. The summed E-state index contributed by atoms with van der Waals surface area (Å²) in [4.78, 5) is 11.6. The maximum absolute atomic E-state index is 11.6. The van der Waals surface area contributed by atoms with Gasteiger partial charge in [-0.05, 0) is 49.5 Å². The highest BCUT2D eigenvalue weighted by Crippen LogP contribution is 2.26. The van der Waals surface area contributed by atoms with Crippen molar-refractivity contribution in [1.29, 1.82) is 0 Å². The molecule has 0 amide bonds. The number of anilines is 1. The van der Waals surface area contributed by atoms with Crippen molar-refractivity contribution in [2.45, 2.75) is 13.0 Å². The van der Waals surface area contributed by atoms with Crippen LogP contribution in [0, 0.1) is 0 Å². The zero-order chi connectivity index (χ0) is 19.8. The fraction of sp³-hybridized carbons (Fsp3) is 0.263. The molecule has 0 aliphatic heterocycles. The number of hydrogen-bond acceptors (Lipinski definition) is 5. The lowest BCUT2D eigenvalue weighted by Crippen LogP contribution is -2.39. The van der Waals surface area contributed by atoms with Crippen molar-refractivity contribution in [3.05, 3.63) is 53.1 Å². The van der Waals surface area contributed by atoms with E-state index in [-0.39, 0.29) is 6.04 Å². The van der Waals surface area contributed by atoms with E-state index in [4.69, 9.17) is 38.0 Å². The molecule has 144 valence electrons. The third-order valence-corrected chi connectivity index (χ3v) is 4.12. The average Bonchev–Trinajstić information content (AvgIpc) is 2.67. The number of nitrogens with one attached hydrogen (secondary N) is 2. The van der Waals surface area contributed by atoms with E-state index < -0.39 is 5.97 Å². The van der Waals surface area contributed by atoms with Crippen LogP contribution in [0.2, 0.25) is 5.02 Å². The molecule has 0 aromatic heterocycles. The second kappa shape index (κ2) is 9.99. The highest BCUT2D eigenvalue weighted by atomic mass is 35.5. The van der Waals surface area contributed by atoms with E-state index in [1.807, 2.05) is 31.2 Å². The van der Waals surface area contributed by atoms with E-state index in [2.05, 4.69) is 10.6 Å². The van der Waals surface area contributed by atoms with Gasteiger partial charge in [-0.15, -0.1) is 0 Å². The first kappa shape index (κ1) is 20.8. The summed E-state index contributed by atoms with van der Waals surface area (Å²) >= 11 is 11.5.